The normalized spacial score (nSPS) is 11.1. The first kappa shape index (κ1) is 15.3. The van der Waals surface area contributed by atoms with E-state index in [0.29, 0.717) is 12.2 Å². The van der Waals surface area contributed by atoms with E-state index in [4.69, 9.17) is 0 Å². The van der Waals surface area contributed by atoms with E-state index >= 15 is 0 Å². The van der Waals surface area contributed by atoms with Crippen LogP contribution in [0.2, 0.25) is 0 Å². The summed E-state index contributed by atoms with van der Waals surface area (Å²) in [6.45, 7) is 8.75. The van der Waals surface area contributed by atoms with Gasteiger partial charge in [-0.3, -0.25) is 9.67 Å². The van der Waals surface area contributed by atoms with Gasteiger partial charge in [0.2, 0.25) is 0 Å². The molecule has 0 saturated heterocycles. The maximum absolute atomic E-state index is 4.53. The van der Waals surface area contributed by atoms with Crippen LogP contribution in [0.1, 0.15) is 31.7 Å². The molecule has 23 heavy (non-hydrogen) atoms. The zero-order chi connectivity index (χ0) is 16.2. The molecule has 0 fully saturated rings. The Morgan fingerprint density at radius 1 is 1.09 bits per heavy atom. The second-order valence-electron chi connectivity index (χ2n) is 5.47. The Balaban J connectivity index is 1.78. The first-order valence-electron chi connectivity index (χ1n) is 7.92. The highest BCUT2D eigenvalue weighted by Crippen LogP contribution is 2.13. The molecule has 0 N–H and O–H groups in total. The van der Waals surface area contributed by atoms with Crippen LogP contribution in [0, 0.1) is 6.92 Å². The summed E-state index contributed by atoms with van der Waals surface area (Å²) in [7, 11) is 0. The lowest BCUT2D eigenvalue weighted by atomic mass is 10.3. The SMILES string of the molecule is CCCN(CC)c1cnc(Cn2cc3c(C)ncnc3n2)cn1. The number of aryl methyl sites for hydroxylation is 1. The van der Waals surface area contributed by atoms with Crippen molar-refractivity contribution in [2.24, 2.45) is 0 Å². The first-order valence-corrected chi connectivity index (χ1v) is 7.92. The van der Waals surface area contributed by atoms with Gasteiger partial charge in [0.15, 0.2) is 5.65 Å². The highest BCUT2D eigenvalue weighted by molar-refractivity contribution is 5.75. The minimum atomic E-state index is 0.572. The Labute approximate surface area is 135 Å². The topological polar surface area (TPSA) is 72.6 Å². The molecule has 0 radical (unpaired) electrons. The van der Waals surface area contributed by atoms with Crippen LogP contribution < -0.4 is 4.90 Å². The molecule has 120 valence electrons. The summed E-state index contributed by atoms with van der Waals surface area (Å²) >= 11 is 0. The van der Waals surface area contributed by atoms with E-state index in [1.54, 1.807) is 0 Å². The van der Waals surface area contributed by atoms with Crippen LogP contribution in [-0.2, 0) is 6.54 Å². The van der Waals surface area contributed by atoms with Gasteiger partial charge in [0, 0.05) is 19.3 Å². The zero-order valence-corrected chi connectivity index (χ0v) is 13.8. The molecule has 0 spiro atoms. The molecule has 3 heterocycles. The molecule has 0 saturated carbocycles. The Morgan fingerprint density at radius 2 is 1.96 bits per heavy atom. The van der Waals surface area contributed by atoms with Crippen molar-refractivity contribution in [3.8, 4) is 0 Å². The second kappa shape index (κ2) is 6.68. The summed E-state index contributed by atoms with van der Waals surface area (Å²) in [6.07, 6.45) is 8.24. The van der Waals surface area contributed by atoms with Crippen molar-refractivity contribution < 1.29 is 0 Å². The van der Waals surface area contributed by atoms with Gasteiger partial charge < -0.3 is 4.90 Å². The number of aromatic nitrogens is 6. The molecule has 0 aromatic carbocycles. The Bertz CT molecular complexity index is 779. The van der Waals surface area contributed by atoms with E-state index < -0.39 is 0 Å². The highest BCUT2D eigenvalue weighted by atomic mass is 15.3. The lowest BCUT2D eigenvalue weighted by Gasteiger charge is -2.20. The number of anilines is 1. The summed E-state index contributed by atoms with van der Waals surface area (Å²) in [6, 6.07) is 0. The van der Waals surface area contributed by atoms with Crippen molar-refractivity contribution in [1.82, 2.24) is 29.7 Å². The van der Waals surface area contributed by atoms with Crippen LogP contribution >= 0.6 is 0 Å². The highest BCUT2D eigenvalue weighted by Gasteiger charge is 2.08. The molecule has 0 atom stereocenters. The third kappa shape index (κ3) is 3.28. The smallest absolute Gasteiger partial charge is 0.184 e. The van der Waals surface area contributed by atoms with Gasteiger partial charge in [0.05, 0.1) is 35.7 Å². The number of hydrogen-bond donors (Lipinski definition) is 0. The van der Waals surface area contributed by atoms with Crippen LogP contribution in [0.4, 0.5) is 5.82 Å². The monoisotopic (exact) mass is 311 g/mol. The van der Waals surface area contributed by atoms with Gasteiger partial charge in [-0.15, -0.1) is 0 Å². The predicted molar refractivity (Wildman–Crippen MR) is 89.4 cm³/mol. The number of nitrogens with zero attached hydrogens (tertiary/aromatic N) is 7. The first-order chi connectivity index (χ1) is 11.2. The molecule has 7 heteroatoms. The molecular weight excluding hydrogens is 290 g/mol. The van der Waals surface area contributed by atoms with Crippen molar-refractivity contribution in [3.05, 3.63) is 36.3 Å². The van der Waals surface area contributed by atoms with Crippen LogP contribution in [-0.4, -0.2) is 42.8 Å². The fourth-order valence-corrected chi connectivity index (χ4v) is 2.55. The van der Waals surface area contributed by atoms with Crippen LogP contribution in [0.3, 0.4) is 0 Å². The summed E-state index contributed by atoms with van der Waals surface area (Å²) in [4.78, 5) is 19.6. The molecule has 0 aliphatic carbocycles. The maximum Gasteiger partial charge on any atom is 0.184 e. The summed E-state index contributed by atoms with van der Waals surface area (Å²) < 4.78 is 1.83. The van der Waals surface area contributed by atoms with Gasteiger partial charge in [0.25, 0.3) is 0 Å². The third-order valence-electron chi connectivity index (χ3n) is 3.78. The van der Waals surface area contributed by atoms with Gasteiger partial charge >= 0.3 is 0 Å². The number of fused-ring (bicyclic) bond motifs is 1. The molecule has 3 aromatic rings. The number of rotatable bonds is 6. The van der Waals surface area contributed by atoms with E-state index in [1.807, 2.05) is 30.2 Å². The zero-order valence-electron chi connectivity index (χ0n) is 13.8. The summed E-state index contributed by atoms with van der Waals surface area (Å²) in [5.41, 5.74) is 2.52. The van der Waals surface area contributed by atoms with Crippen LogP contribution in [0.15, 0.2) is 24.9 Å². The molecule has 3 rings (SSSR count). The third-order valence-corrected chi connectivity index (χ3v) is 3.78. The average molecular weight is 311 g/mol. The fourth-order valence-electron chi connectivity index (χ4n) is 2.55. The van der Waals surface area contributed by atoms with Crippen molar-refractivity contribution in [3.63, 3.8) is 0 Å². The Morgan fingerprint density at radius 3 is 2.61 bits per heavy atom. The summed E-state index contributed by atoms with van der Waals surface area (Å²) in [5.74, 6) is 0.922. The largest absolute Gasteiger partial charge is 0.356 e. The molecule has 0 bridgehead atoms. The van der Waals surface area contributed by atoms with Crippen LogP contribution in [0.5, 0.6) is 0 Å². The second-order valence-corrected chi connectivity index (χ2v) is 5.47. The lowest BCUT2D eigenvalue weighted by molar-refractivity contribution is 0.673. The van der Waals surface area contributed by atoms with Gasteiger partial charge in [-0.05, 0) is 20.3 Å². The van der Waals surface area contributed by atoms with E-state index in [2.05, 4.69) is 43.8 Å². The Kier molecular flexibility index (Phi) is 4.45. The Hall–Kier alpha value is -2.57. The van der Waals surface area contributed by atoms with Gasteiger partial charge in [0.1, 0.15) is 12.1 Å². The molecular formula is C16H21N7. The predicted octanol–water partition coefficient (Wildman–Crippen LogP) is 2.21. The molecule has 3 aromatic heterocycles. The minimum absolute atomic E-state index is 0.572. The minimum Gasteiger partial charge on any atom is -0.356 e. The lowest BCUT2D eigenvalue weighted by Crippen LogP contribution is -2.24. The summed E-state index contributed by atoms with van der Waals surface area (Å²) in [5, 5.41) is 5.43. The van der Waals surface area contributed by atoms with Gasteiger partial charge in [-0.2, -0.15) is 5.10 Å². The van der Waals surface area contributed by atoms with Gasteiger partial charge in [-0.25, -0.2) is 15.0 Å². The van der Waals surface area contributed by atoms with E-state index in [1.165, 1.54) is 6.33 Å². The van der Waals surface area contributed by atoms with E-state index in [-0.39, 0.29) is 0 Å². The van der Waals surface area contributed by atoms with Crippen molar-refractivity contribution in [2.75, 3.05) is 18.0 Å². The van der Waals surface area contributed by atoms with Crippen molar-refractivity contribution >= 4 is 16.9 Å². The van der Waals surface area contributed by atoms with Crippen LogP contribution in [0.25, 0.3) is 11.0 Å². The molecule has 0 amide bonds. The molecule has 0 unspecified atom stereocenters. The van der Waals surface area contributed by atoms with Crippen molar-refractivity contribution in [2.45, 2.75) is 33.7 Å². The number of hydrogen-bond acceptors (Lipinski definition) is 6. The van der Waals surface area contributed by atoms with E-state index in [0.717, 1.165) is 42.1 Å². The molecule has 0 aliphatic rings. The van der Waals surface area contributed by atoms with E-state index in [9.17, 15) is 0 Å². The van der Waals surface area contributed by atoms with Gasteiger partial charge in [-0.1, -0.05) is 6.92 Å². The molecule has 0 aliphatic heterocycles. The maximum atomic E-state index is 4.53. The standard InChI is InChI=1S/C16H21N7/c1-4-6-22(5-2)15-8-17-13(7-18-15)9-23-10-14-12(3)19-11-20-16(14)21-23/h7-8,10-11H,4-6,9H2,1-3H3. The van der Waals surface area contributed by atoms with Crippen molar-refractivity contribution in [1.29, 1.82) is 0 Å². The quantitative estimate of drug-likeness (QED) is 0.695. The fraction of sp³-hybridized carbons (Fsp3) is 0.438. The average Bonchev–Trinajstić information content (AvgIpc) is 2.97. The molecule has 7 nitrogen and oxygen atoms in total.